The molecule has 0 spiro atoms. The molecule has 2 atom stereocenters. The molecule has 1 saturated heterocycles. The van der Waals surface area contributed by atoms with Gasteiger partial charge in [-0.2, -0.15) is 0 Å². The molecule has 0 aromatic rings. The molecule has 1 aliphatic heterocycles. The Morgan fingerprint density at radius 1 is 1.15 bits per heavy atom. The van der Waals surface area contributed by atoms with Crippen LogP contribution in [0.5, 0.6) is 0 Å². The normalized spacial score (nSPS) is 31.3. The Labute approximate surface area is 123 Å². The van der Waals surface area contributed by atoms with Crippen LogP contribution in [0.1, 0.15) is 52.4 Å². The van der Waals surface area contributed by atoms with E-state index in [0.29, 0.717) is 24.4 Å². The van der Waals surface area contributed by atoms with Crippen LogP contribution in [0.3, 0.4) is 0 Å². The summed E-state index contributed by atoms with van der Waals surface area (Å²) in [7, 11) is 4.18. The summed E-state index contributed by atoms with van der Waals surface area (Å²) in [4.78, 5) is 17.2. The molecule has 0 aromatic heterocycles. The Bertz CT molecular complexity index is 327. The van der Waals surface area contributed by atoms with E-state index in [2.05, 4.69) is 36.0 Å². The van der Waals surface area contributed by atoms with Crippen molar-refractivity contribution in [1.29, 1.82) is 0 Å². The van der Waals surface area contributed by atoms with E-state index in [-0.39, 0.29) is 5.54 Å². The van der Waals surface area contributed by atoms with Crippen LogP contribution in [0.15, 0.2) is 0 Å². The molecule has 1 heterocycles. The minimum absolute atomic E-state index is 0.0607. The highest BCUT2D eigenvalue weighted by atomic mass is 16.2. The summed E-state index contributed by atoms with van der Waals surface area (Å²) in [5, 5.41) is 3.46. The predicted octanol–water partition coefficient (Wildman–Crippen LogP) is 1.85. The second-order valence-corrected chi connectivity index (χ2v) is 6.93. The van der Waals surface area contributed by atoms with Crippen LogP contribution < -0.4 is 5.32 Å². The summed E-state index contributed by atoms with van der Waals surface area (Å²) in [6.07, 6.45) is 6.79. The lowest BCUT2D eigenvalue weighted by Gasteiger charge is -2.44. The van der Waals surface area contributed by atoms with Crippen molar-refractivity contribution in [2.24, 2.45) is 0 Å². The average molecular weight is 281 g/mol. The van der Waals surface area contributed by atoms with Crippen molar-refractivity contribution < 1.29 is 4.79 Å². The number of nitrogens with one attached hydrogen (secondary N) is 1. The molecule has 4 heteroatoms. The molecule has 2 fully saturated rings. The van der Waals surface area contributed by atoms with Crippen molar-refractivity contribution in [3.05, 3.63) is 0 Å². The number of likely N-dealkylation sites (N-methyl/N-ethyl adjacent to an activating group) is 1. The lowest BCUT2D eigenvalue weighted by molar-refractivity contribution is -0.137. The van der Waals surface area contributed by atoms with Crippen LogP contribution in [0.4, 0.5) is 0 Å². The van der Waals surface area contributed by atoms with Gasteiger partial charge >= 0.3 is 0 Å². The monoisotopic (exact) mass is 281 g/mol. The first-order valence-corrected chi connectivity index (χ1v) is 8.16. The van der Waals surface area contributed by atoms with Gasteiger partial charge in [0.05, 0.1) is 0 Å². The summed E-state index contributed by atoms with van der Waals surface area (Å²) < 4.78 is 0. The molecule has 1 amide bonds. The number of carbonyl (C=O) groups is 1. The van der Waals surface area contributed by atoms with Crippen LogP contribution in [0.2, 0.25) is 0 Å². The Morgan fingerprint density at radius 2 is 1.70 bits per heavy atom. The quantitative estimate of drug-likeness (QED) is 0.857. The number of hydrogen-bond donors (Lipinski definition) is 1. The highest BCUT2D eigenvalue weighted by Crippen LogP contribution is 2.31. The number of amides is 1. The molecule has 116 valence electrons. The molecule has 0 aromatic carbocycles. The number of carbonyl (C=O) groups excluding carboxylic acids is 1. The minimum atomic E-state index is 0.0607. The van der Waals surface area contributed by atoms with Gasteiger partial charge in [0.15, 0.2) is 0 Å². The Kier molecular flexibility index (Phi) is 5.08. The van der Waals surface area contributed by atoms with Crippen molar-refractivity contribution in [1.82, 2.24) is 15.1 Å². The number of rotatable bonds is 3. The van der Waals surface area contributed by atoms with Crippen LogP contribution in [0, 0.1) is 0 Å². The third-order valence-electron chi connectivity index (χ3n) is 5.54. The third-order valence-corrected chi connectivity index (χ3v) is 5.54. The third kappa shape index (κ3) is 3.34. The molecule has 1 aliphatic carbocycles. The van der Waals surface area contributed by atoms with Gasteiger partial charge in [0.25, 0.3) is 0 Å². The van der Waals surface area contributed by atoms with Gasteiger partial charge in [-0.25, -0.2) is 0 Å². The second kappa shape index (κ2) is 6.44. The molecule has 2 aliphatic rings. The maximum absolute atomic E-state index is 12.7. The zero-order chi connectivity index (χ0) is 14.8. The fourth-order valence-electron chi connectivity index (χ4n) is 3.75. The summed E-state index contributed by atoms with van der Waals surface area (Å²) in [6.45, 7) is 6.17. The molecule has 1 N–H and O–H groups in total. The van der Waals surface area contributed by atoms with Gasteiger partial charge in [0, 0.05) is 37.1 Å². The zero-order valence-electron chi connectivity index (χ0n) is 13.6. The van der Waals surface area contributed by atoms with Gasteiger partial charge in [-0.3, -0.25) is 9.69 Å². The summed E-state index contributed by atoms with van der Waals surface area (Å²) in [6, 6.07) is 0.916. The number of hydrogen-bond acceptors (Lipinski definition) is 3. The van der Waals surface area contributed by atoms with Crippen molar-refractivity contribution >= 4 is 5.91 Å². The first-order chi connectivity index (χ1) is 9.47. The van der Waals surface area contributed by atoms with E-state index < -0.39 is 0 Å². The Hall–Kier alpha value is -0.610. The Morgan fingerprint density at radius 3 is 2.20 bits per heavy atom. The van der Waals surface area contributed by atoms with Crippen LogP contribution in [-0.2, 0) is 4.79 Å². The number of nitrogens with zero attached hydrogens (tertiary/aromatic N) is 2. The SMILES string of the molecule is CNC1(CC(=O)N2CC(C)N(C)C(C)C2)CCCCC1. The molecule has 4 nitrogen and oxygen atoms in total. The fourth-order valence-corrected chi connectivity index (χ4v) is 3.75. The van der Waals surface area contributed by atoms with E-state index >= 15 is 0 Å². The van der Waals surface area contributed by atoms with E-state index in [1.807, 2.05) is 7.05 Å². The maximum atomic E-state index is 12.7. The van der Waals surface area contributed by atoms with Gasteiger partial charge in [-0.05, 0) is 40.8 Å². The van der Waals surface area contributed by atoms with E-state index in [9.17, 15) is 4.79 Å². The lowest BCUT2D eigenvalue weighted by atomic mass is 9.79. The first kappa shape index (κ1) is 15.8. The standard InChI is InChI=1S/C16H31N3O/c1-13-11-19(12-14(2)18(13)4)15(20)10-16(17-3)8-6-5-7-9-16/h13-14,17H,5-12H2,1-4H3. The molecular weight excluding hydrogens is 250 g/mol. The summed E-state index contributed by atoms with van der Waals surface area (Å²) in [5.74, 6) is 0.341. The first-order valence-electron chi connectivity index (χ1n) is 8.16. The smallest absolute Gasteiger partial charge is 0.224 e. The summed E-state index contributed by atoms with van der Waals surface area (Å²) in [5.41, 5.74) is 0.0607. The van der Waals surface area contributed by atoms with Crippen molar-refractivity contribution in [2.45, 2.75) is 70.0 Å². The highest BCUT2D eigenvalue weighted by Gasteiger charge is 2.36. The van der Waals surface area contributed by atoms with Gasteiger partial charge in [0.2, 0.25) is 5.91 Å². The molecule has 2 rings (SSSR count). The van der Waals surface area contributed by atoms with E-state index in [0.717, 1.165) is 25.9 Å². The highest BCUT2D eigenvalue weighted by molar-refractivity contribution is 5.77. The molecule has 0 bridgehead atoms. The van der Waals surface area contributed by atoms with E-state index in [4.69, 9.17) is 0 Å². The second-order valence-electron chi connectivity index (χ2n) is 6.93. The van der Waals surface area contributed by atoms with E-state index in [1.165, 1.54) is 19.3 Å². The van der Waals surface area contributed by atoms with Gasteiger partial charge in [-0.15, -0.1) is 0 Å². The number of piperazine rings is 1. The predicted molar refractivity (Wildman–Crippen MR) is 82.8 cm³/mol. The van der Waals surface area contributed by atoms with E-state index in [1.54, 1.807) is 0 Å². The van der Waals surface area contributed by atoms with Crippen LogP contribution in [-0.4, -0.2) is 60.5 Å². The summed E-state index contributed by atoms with van der Waals surface area (Å²) >= 11 is 0. The minimum Gasteiger partial charge on any atom is -0.340 e. The van der Waals surface area contributed by atoms with Gasteiger partial charge < -0.3 is 10.2 Å². The van der Waals surface area contributed by atoms with Crippen molar-refractivity contribution in [3.8, 4) is 0 Å². The van der Waals surface area contributed by atoms with Gasteiger partial charge in [-0.1, -0.05) is 19.3 Å². The maximum Gasteiger partial charge on any atom is 0.224 e. The zero-order valence-corrected chi connectivity index (χ0v) is 13.6. The molecule has 0 radical (unpaired) electrons. The van der Waals surface area contributed by atoms with Gasteiger partial charge in [0.1, 0.15) is 0 Å². The van der Waals surface area contributed by atoms with Crippen molar-refractivity contribution in [2.75, 3.05) is 27.2 Å². The van der Waals surface area contributed by atoms with Crippen LogP contribution in [0.25, 0.3) is 0 Å². The molecular formula is C16H31N3O. The average Bonchev–Trinajstić information content (AvgIpc) is 2.45. The molecule has 20 heavy (non-hydrogen) atoms. The fraction of sp³-hybridized carbons (Fsp3) is 0.938. The lowest BCUT2D eigenvalue weighted by Crippen LogP contribution is -2.58. The molecule has 1 saturated carbocycles. The largest absolute Gasteiger partial charge is 0.340 e. The van der Waals surface area contributed by atoms with Crippen molar-refractivity contribution in [3.63, 3.8) is 0 Å². The topological polar surface area (TPSA) is 35.6 Å². The van der Waals surface area contributed by atoms with Crippen LogP contribution >= 0.6 is 0 Å². The Balaban J connectivity index is 1.97. The molecule has 2 unspecified atom stereocenters.